The molecule has 0 aliphatic heterocycles. The number of benzene rings is 1. The van der Waals surface area contributed by atoms with Gasteiger partial charge in [0, 0.05) is 11.0 Å². The van der Waals surface area contributed by atoms with Crippen LogP contribution in [0.5, 0.6) is 0 Å². The van der Waals surface area contributed by atoms with Crippen molar-refractivity contribution in [3.8, 4) is 0 Å². The average Bonchev–Trinajstić information content (AvgIpc) is 2.43. The first-order chi connectivity index (χ1) is 9.24. The van der Waals surface area contributed by atoms with Crippen molar-refractivity contribution in [2.75, 3.05) is 5.75 Å². The molecular weight excluding hydrogens is 272 g/mol. The Labute approximate surface area is 125 Å². The molecule has 106 valence electrons. The number of hydrogen-bond acceptors (Lipinski definition) is 3. The monoisotopic (exact) mass is 296 g/mol. The molecule has 0 aromatic heterocycles. The van der Waals surface area contributed by atoms with E-state index in [0.29, 0.717) is 0 Å². The molecule has 0 heterocycles. The van der Waals surface area contributed by atoms with E-state index in [2.05, 4.69) is 26.0 Å². The van der Waals surface area contributed by atoms with Crippen molar-refractivity contribution in [3.63, 3.8) is 0 Å². The first-order valence-electron chi connectivity index (χ1n) is 7.12. The van der Waals surface area contributed by atoms with Crippen LogP contribution in [0.15, 0.2) is 30.3 Å². The van der Waals surface area contributed by atoms with Gasteiger partial charge in [-0.15, -0.1) is 0 Å². The van der Waals surface area contributed by atoms with E-state index in [1.165, 1.54) is 54.8 Å². The normalized spacial score (nSPS) is 12.3. The fraction of sp³-hybridized carbons (Fsp3) is 0.562. The van der Waals surface area contributed by atoms with Gasteiger partial charge in [0.05, 0.1) is 0 Å². The van der Waals surface area contributed by atoms with E-state index in [1.54, 1.807) is 0 Å². The first kappa shape index (κ1) is 16.6. The molecule has 0 aliphatic rings. The molecular formula is C16H24OS2. The third-order valence-corrected chi connectivity index (χ3v) is 5.20. The molecule has 0 N–H and O–H groups in total. The van der Waals surface area contributed by atoms with Crippen LogP contribution in [-0.2, 0) is 0 Å². The molecule has 1 nitrogen and oxygen atoms in total. The highest BCUT2D eigenvalue weighted by Crippen LogP contribution is 2.33. The van der Waals surface area contributed by atoms with Crippen molar-refractivity contribution in [1.82, 2.24) is 0 Å². The van der Waals surface area contributed by atoms with Gasteiger partial charge in [-0.2, -0.15) is 0 Å². The second-order valence-corrected chi connectivity index (χ2v) is 7.32. The largest absolute Gasteiger partial charge is 0.274 e. The van der Waals surface area contributed by atoms with E-state index >= 15 is 0 Å². The minimum atomic E-state index is 0.251. The molecule has 1 rings (SSSR count). The van der Waals surface area contributed by atoms with Crippen LogP contribution in [0.4, 0.5) is 4.79 Å². The minimum Gasteiger partial charge on any atom is -0.274 e. The highest BCUT2D eigenvalue weighted by Gasteiger charge is 2.11. The van der Waals surface area contributed by atoms with Gasteiger partial charge in [-0.05, 0) is 18.9 Å². The Morgan fingerprint density at radius 1 is 1.11 bits per heavy atom. The molecule has 0 saturated carbocycles. The number of carbonyl (C=O) groups is 1. The summed E-state index contributed by atoms with van der Waals surface area (Å²) in [5.74, 6) is 0.969. The topological polar surface area (TPSA) is 17.1 Å². The van der Waals surface area contributed by atoms with Crippen LogP contribution < -0.4 is 0 Å². The van der Waals surface area contributed by atoms with Crippen molar-refractivity contribution in [1.29, 1.82) is 0 Å². The summed E-state index contributed by atoms with van der Waals surface area (Å²) in [6, 6.07) is 10.2. The minimum absolute atomic E-state index is 0.251. The Morgan fingerprint density at radius 2 is 1.79 bits per heavy atom. The molecule has 1 atom stereocenters. The average molecular weight is 297 g/mol. The van der Waals surface area contributed by atoms with Crippen LogP contribution in [0.25, 0.3) is 0 Å². The summed E-state index contributed by atoms with van der Waals surface area (Å²) in [4.78, 5) is 11.8. The van der Waals surface area contributed by atoms with Gasteiger partial charge in [-0.3, -0.25) is 4.79 Å². The Morgan fingerprint density at radius 3 is 2.47 bits per heavy atom. The smallest absolute Gasteiger partial charge is 0.246 e. The molecule has 1 aromatic carbocycles. The predicted octanol–water partition coefficient (Wildman–Crippen LogP) is 6.30. The Kier molecular flexibility index (Phi) is 9.10. The second-order valence-electron chi connectivity index (χ2n) is 4.68. The lowest BCUT2D eigenvalue weighted by Gasteiger charge is -2.09. The summed E-state index contributed by atoms with van der Waals surface area (Å²) >= 11 is 2.93. The zero-order valence-electron chi connectivity index (χ0n) is 11.9. The maximum Gasteiger partial charge on any atom is 0.246 e. The summed E-state index contributed by atoms with van der Waals surface area (Å²) in [5.41, 5.74) is 1.23. The molecule has 1 unspecified atom stereocenters. The number of hydrogen-bond donors (Lipinski definition) is 0. The quantitative estimate of drug-likeness (QED) is 0.524. The van der Waals surface area contributed by atoms with Gasteiger partial charge >= 0.3 is 0 Å². The number of thioether (sulfide) groups is 2. The van der Waals surface area contributed by atoms with Gasteiger partial charge < -0.3 is 0 Å². The lowest BCUT2D eigenvalue weighted by atomic mass is 10.2. The highest BCUT2D eigenvalue weighted by molar-refractivity contribution is 8.38. The third-order valence-electron chi connectivity index (χ3n) is 3.01. The predicted molar refractivity (Wildman–Crippen MR) is 89.1 cm³/mol. The molecule has 0 radical (unpaired) electrons. The van der Waals surface area contributed by atoms with Crippen LogP contribution in [-0.4, -0.2) is 10.2 Å². The van der Waals surface area contributed by atoms with Crippen molar-refractivity contribution in [3.05, 3.63) is 35.9 Å². The van der Waals surface area contributed by atoms with E-state index in [9.17, 15) is 4.79 Å². The van der Waals surface area contributed by atoms with Crippen LogP contribution in [0.3, 0.4) is 0 Å². The zero-order valence-corrected chi connectivity index (χ0v) is 13.6. The molecule has 0 bridgehead atoms. The van der Waals surface area contributed by atoms with Gasteiger partial charge in [0.25, 0.3) is 0 Å². The van der Waals surface area contributed by atoms with Crippen molar-refractivity contribution >= 4 is 28.0 Å². The second kappa shape index (κ2) is 10.4. The van der Waals surface area contributed by atoms with Crippen LogP contribution in [0.2, 0.25) is 0 Å². The van der Waals surface area contributed by atoms with Crippen LogP contribution >= 0.6 is 23.5 Å². The Hall–Kier alpha value is -0.410. The van der Waals surface area contributed by atoms with Crippen molar-refractivity contribution in [2.24, 2.45) is 0 Å². The maximum atomic E-state index is 11.8. The van der Waals surface area contributed by atoms with Gasteiger partial charge in [0.15, 0.2) is 0 Å². The highest BCUT2D eigenvalue weighted by atomic mass is 32.2. The van der Waals surface area contributed by atoms with Gasteiger partial charge in [0.2, 0.25) is 4.45 Å². The van der Waals surface area contributed by atoms with Gasteiger partial charge in [-0.25, -0.2) is 0 Å². The first-order valence-corrected chi connectivity index (χ1v) is 8.99. The SMILES string of the molecule is CCCCCCCSC(=O)SC(C)c1ccccc1. The van der Waals surface area contributed by atoms with E-state index in [1.807, 2.05) is 18.2 Å². The van der Waals surface area contributed by atoms with E-state index in [-0.39, 0.29) is 9.70 Å². The molecule has 19 heavy (non-hydrogen) atoms. The third kappa shape index (κ3) is 7.68. The van der Waals surface area contributed by atoms with E-state index < -0.39 is 0 Å². The van der Waals surface area contributed by atoms with Crippen LogP contribution in [0.1, 0.15) is 56.8 Å². The summed E-state index contributed by atoms with van der Waals surface area (Å²) in [6.45, 7) is 4.32. The lowest BCUT2D eigenvalue weighted by Crippen LogP contribution is -1.93. The summed E-state index contributed by atoms with van der Waals surface area (Å²) in [5, 5.41) is 0.251. The fourth-order valence-electron chi connectivity index (χ4n) is 1.83. The van der Waals surface area contributed by atoms with Gasteiger partial charge in [-0.1, -0.05) is 86.5 Å². The van der Waals surface area contributed by atoms with Crippen LogP contribution in [0, 0.1) is 0 Å². The van der Waals surface area contributed by atoms with Crippen molar-refractivity contribution < 1.29 is 4.79 Å². The van der Waals surface area contributed by atoms with Crippen molar-refractivity contribution in [2.45, 2.75) is 51.2 Å². The number of rotatable bonds is 8. The number of unbranched alkanes of at least 4 members (excludes halogenated alkanes) is 4. The molecule has 1 aromatic rings. The standard InChI is InChI=1S/C16H24OS2/c1-3-4-5-6-10-13-18-16(17)19-14(2)15-11-8-7-9-12-15/h7-9,11-12,14H,3-6,10,13H2,1-2H3. The van der Waals surface area contributed by atoms with Gasteiger partial charge in [0.1, 0.15) is 0 Å². The Bertz CT molecular complexity index is 351. The fourth-order valence-corrected chi connectivity index (χ4v) is 3.88. The molecule has 0 saturated heterocycles. The van der Waals surface area contributed by atoms with E-state index in [4.69, 9.17) is 0 Å². The van der Waals surface area contributed by atoms with E-state index in [0.717, 1.165) is 12.2 Å². The molecule has 3 heteroatoms. The molecule has 0 fully saturated rings. The summed E-state index contributed by atoms with van der Waals surface area (Å²) < 4.78 is 0.256. The summed E-state index contributed by atoms with van der Waals surface area (Å²) in [7, 11) is 0. The lowest BCUT2D eigenvalue weighted by molar-refractivity contribution is 0.276. The Balaban J connectivity index is 2.14. The molecule has 0 amide bonds. The zero-order chi connectivity index (χ0) is 13.9. The molecule has 0 aliphatic carbocycles. The molecule has 0 spiro atoms. The summed E-state index contributed by atoms with van der Waals surface area (Å²) in [6.07, 6.45) is 6.32. The number of carbonyl (C=O) groups excluding carboxylic acids is 1. The maximum absolute atomic E-state index is 11.8.